The summed E-state index contributed by atoms with van der Waals surface area (Å²) in [5.74, 6) is -2.14. The van der Waals surface area contributed by atoms with Gasteiger partial charge < -0.3 is 13.9 Å². The van der Waals surface area contributed by atoms with Crippen molar-refractivity contribution in [3.8, 4) is 0 Å². The Hall–Kier alpha value is -1.57. The molecule has 1 aromatic heterocycles. The molecule has 2 saturated carbocycles. The largest absolute Gasteiger partial charge is 0.455 e. The lowest BCUT2D eigenvalue weighted by Gasteiger charge is -2.28. The van der Waals surface area contributed by atoms with Crippen molar-refractivity contribution in [1.29, 1.82) is 0 Å². The van der Waals surface area contributed by atoms with E-state index in [4.69, 9.17) is 13.9 Å². The van der Waals surface area contributed by atoms with E-state index in [0.717, 1.165) is 12.8 Å². The lowest BCUT2D eigenvalue weighted by Crippen LogP contribution is -2.27. The van der Waals surface area contributed by atoms with Crippen molar-refractivity contribution < 1.29 is 27.5 Å². The van der Waals surface area contributed by atoms with Gasteiger partial charge >= 0.3 is 5.97 Å². The van der Waals surface area contributed by atoms with Crippen molar-refractivity contribution in [1.82, 2.24) is 10.2 Å². The predicted molar refractivity (Wildman–Crippen MR) is 80.8 cm³/mol. The molecule has 1 unspecified atom stereocenters. The highest BCUT2D eigenvalue weighted by Crippen LogP contribution is 2.63. The molecule has 8 heteroatoms. The minimum atomic E-state index is -2.58. The number of carbonyl (C=O) groups excluding carboxylic acids is 1. The minimum Gasteiger partial charge on any atom is -0.455 e. The standard InChI is InChI=1S/C17H22F2N2O4/c18-17(19)5-3-16(4-6-17)9-12(16)15(22)24-10-13-20-21-14(25-13)11-1-7-23-8-2-11/h11-12H,1-10H2. The monoisotopic (exact) mass is 356 g/mol. The molecular weight excluding hydrogens is 334 g/mol. The van der Waals surface area contributed by atoms with Crippen LogP contribution in [0.4, 0.5) is 8.78 Å². The average Bonchev–Trinajstić information content (AvgIpc) is 3.12. The highest BCUT2D eigenvalue weighted by Gasteiger charge is 2.61. The Kier molecular flexibility index (Phi) is 4.25. The van der Waals surface area contributed by atoms with Crippen molar-refractivity contribution in [2.24, 2.45) is 11.3 Å². The maximum atomic E-state index is 13.3. The third-order valence-electron chi connectivity index (χ3n) is 5.84. The summed E-state index contributed by atoms with van der Waals surface area (Å²) in [5.41, 5.74) is -0.263. The number of halogens is 2. The van der Waals surface area contributed by atoms with E-state index in [0.29, 0.717) is 38.4 Å². The third kappa shape index (κ3) is 3.54. The van der Waals surface area contributed by atoms with Crippen molar-refractivity contribution in [2.75, 3.05) is 13.2 Å². The Balaban J connectivity index is 1.27. The fraction of sp³-hybridized carbons (Fsp3) is 0.824. The van der Waals surface area contributed by atoms with Crippen LogP contribution in [0.2, 0.25) is 0 Å². The number of esters is 1. The molecular formula is C17H22F2N2O4. The first-order chi connectivity index (χ1) is 12.0. The highest BCUT2D eigenvalue weighted by molar-refractivity contribution is 5.77. The topological polar surface area (TPSA) is 74.5 Å². The van der Waals surface area contributed by atoms with Crippen molar-refractivity contribution in [3.63, 3.8) is 0 Å². The van der Waals surface area contributed by atoms with Gasteiger partial charge in [0.1, 0.15) is 0 Å². The zero-order chi connectivity index (χ0) is 17.5. The van der Waals surface area contributed by atoms with Crippen LogP contribution in [0.1, 0.15) is 62.6 Å². The van der Waals surface area contributed by atoms with Crippen LogP contribution in [-0.4, -0.2) is 35.3 Å². The minimum absolute atomic E-state index is 0.0577. The second kappa shape index (κ2) is 6.30. The second-order valence-corrected chi connectivity index (χ2v) is 7.50. The Morgan fingerprint density at radius 3 is 2.60 bits per heavy atom. The first-order valence-electron chi connectivity index (χ1n) is 8.92. The smallest absolute Gasteiger partial charge is 0.310 e. The number of rotatable bonds is 4. The molecule has 4 rings (SSSR count). The van der Waals surface area contributed by atoms with Gasteiger partial charge in [0.05, 0.1) is 5.92 Å². The number of carbonyl (C=O) groups is 1. The van der Waals surface area contributed by atoms with Crippen LogP contribution in [0.5, 0.6) is 0 Å². The van der Waals surface area contributed by atoms with E-state index >= 15 is 0 Å². The number of aromatic nitrogens is 2. The van der Waals surface area contributed by atoms with E-state index < -0.39 is 5.92 Å². The summed E-state index contributed by atoms with van der Waals surface area (Å²) in [6.45, 7) is 1.30. The second-order valence-electron chi connectivity index (χ2n) is 7.50. The molecule has 1 aromatic rings. The summed E-state index contributed by atoms with van der Waals surface area (Å²) in [4.78, 5) is 12.2. The third-order valence-corrected chi connectivity index (χ3v) is 5.84. The quantitative estimate of drug-likeness (QED) is 0.771. The SMILES string of the molecule is O=C(OCc1nnc(C2CCOCC2)o1)C1CC12CCC(F)(F)CC2. The summed E-state index contributed by atoms with van der Waals surface area (Å²) in [6, 6.07) is 0. The van der Waals surface area contributed by atoms with Gasteiger partial charge in [-0.15, -0.1) is 10.2 Å². The van der Waals surface area contributed by atoms with Crippen molar-refractivity contribution >= 4 is 5.97 Å². The number of nitrogens with zero attached hydrogens (tertiary/aromatic N) is 2. The van der Waals surface area contributed by atoms with Gasteiger partial charge in [0.25, 0.3) is 5.89 Å². The van der Waals surface area contributed by atoms with E-state index in [-0.39, 0.29) is 48.6 Å². The molecule has 1 spiro atoms. The van der Waals surface area contributed by atoms with Gasteiger partial charge in [0.2, 0.25) is 11.8 Å². The van der Waals surface area contributed by atoms with Crippen LogP contribution in [0, 0.1) is 11.3 Å². The molecule has 2 heterocycles. The first-order valence-corrected chi connectivity index (χ1v) is 8.92. The van der Waals surface area contributed by atoms with E-state index in [9.17, 15) is 13.6 Å². The van der Waals surface area contributed by atoms with Gasteiger partial charge in [-0.1, -0.05) is 0 Å². The molecule has 0 N–H and O–H groups in total. The number of hydrogen-bond donors (Lipinski definition) is 0. The molecule has 0 amide bonds. The highest BCUT2D eigenvalue weighted by atomic mass is 19.3. The van der Waals surface area contributed by atoms with E-state index in [1.807, 2.05) is 0 Å². The molecule has 2 aliphatic carbocycles. The Labute approximate surface area is 144 Å². The van der Waals surface area contributed by atoms with Crippen LogP contribution >= 0.6 is 0 Å². The van der Waals surface area contributed by atoms with Crippen LogP contribution in [0.3, 0.4) is 0 Å². The molecule has 3 fully saturated rings. The number of hydrogen-bond acceptors (Lipinski definition) is 6. The van der Waals surface area contributed by atoms with Gasteiger partial charge in [-0.3, -0.25) is 4.79 Å². The maximum Gasteiger partial charge on any atom is 0.310 e. The van der Waals surface area contributed by atoms with Gasteiger partial charge in [0, 0.05) is 32.0 Å². The van der Waals surface area contributed by atoms with E-state index in [2.05, 4.69) is 10.2 Å². The first kappa shape index (κ1) is 16.9. The molecule has 6 nitrogen and oxygen atoms in total. The molecule has 3 aliphatic rings. The fourth-order valence-electron chi connectivity index (χ4n) is 4.02. The molecule has 138 valence electrons. The summed E-state index contributed by atoms with van der Waals surface area (Å²) in [7, 11) is 0. The lowest BCUT2D eigenvalue weighted by molar-refractivity contribution is -0.149. The van der Waals surface area contributed by atoms with Crippen LogP contribution in [0.15, 0.2) is 4.42 Å². The summed E-state index contributed by atoms with van der Waals surface area (Å²) in [6.07, 6.45) is 2.87. The van der Waals surface area contributed by atoms with Gasteiger partial charge in [-0.2, -0.15) is 0 Å². The van der Waals surface area contributed by atoms with Gasteiger partial charge in [-0.05, 0) is 37.5 Å². The van der Waals surface area contributed by atoms with Crippen molar-refractivity contribution in [2.45, 2.75) is 63.4 Å². The Morgan fingerprint density at radius 2 is 1.88 bits per heavy atom. The van der Waals surface area contributed by atoms with Crippen LogP contribution < -0.4 is 0 Å². The fourth-order valence-corrected chi connectivity index (χ4v) is 4.02. The van der Waals surface area contributed by atoms with E-state index in [1.165, 1.54) is 0 Å². The van der Waals surface area contributed by atoms with E-state index in [1.54, 1.807) is 0 Å². The van der Waals surface area contributed by atoms with Gasteiger partial charge in [-0.25, -0.2) is 8.78 Å². The molecule has 0 aromatic carbocycles. The average molecular weight is 356 g/mol. The maximum absolute atomic E-state index is 13.3. The van der Waals surface area contributed by atoms with Crippen LogP contribution in [0.25, 0.3) is 0 Å². The molecule has 0 bridgehead atoms. The molecule has 25 heavy (non-hydrogen) atoms. The summed E-state index contributed by atoms with van der Waals surface area (Å²) >= 11 is 0. The normalized spacial score (nSPS) is 28.0. The number of ether oxygens (including phenoxy) is 2. The molecule has 1 atom stereocenters. The summed E-state index contributed by atoms with van der Waals surface area (Å²) in [5, 5.41) is 7.96. The molecule has 1 aliphatic heterocycles. The zero-order valence-electron chi connectivity index (χ0n) is 14.0. The predicted octanol–water partition coefficient (Wildman–Crippen LogP) is 3.22. The Bertz CT molecular complexity index is 632. The van der Waals surface area contributed by atoms with Crippen LogP contribution in [-0.2, 0) is 20.9 Å². The summed E-state index contributed by atoms with van der Waals surface area (Å²) < 4.78 is 42.7. The van der Waals surface area contributed by atoms with Crippen molar-refractivity contribution in [3.05, 3.63) is 11.8 Å². The Morgan fingerprint density at radius 1 is 1.16 bits per heavy atom. The molecule has 0 radical (unpaired) electrons. The zero-order valence-corrected chi connectivity index (χ0v) is 14.0. The number of alkyl halides is 2. The lowest BCUT2D eigenvalue weighted by atomic mass is 9.82. The molecule has 1 saturated heterocycles. The van der Waals surface area contributed by atoms with Gasteiger partial charge in [0.15, 0.2) is 6.61 Å².